The molecule has 164 valence electrons. The Kier molecular flexibility index (Phi) is 6.92. The highest BCUT2D eigenvalue weighted by Gasteiger charge is 2.44. The maximum atomic E-state index is 13.4. The molecule has 1 aliphatic heterocycles. The minimum Gasteiger partial charge on any atom is -0.355 e. The van der Waals surface area contributed by atoms with Crippen LogP contribution < -0.4 is 5.32 Å². The van der Waals surface area contributed by atoms with Gasteiger partial charge in [0.05, 0.1) is 11.2 Å². The maximum Gasteiger partial charge on any atom is 0.230 e. The zero-order chi connectivity index (χ0) is 21.8. The molecule has 0 bridgehead atoms. The highest BCUT2D eigenvalue weighted by molar-refractivity contribution is 7.89. The van der Waals surface area contributed by atoms with E-state index in [1.54, 1.807) is 13.3 Å². The van der Waals surface area contributed by atoms with E-state index in [0.717, 1.165) is 11.4 Å². The molecule has 1 fully saturated rings. The number of amides is 1. The fraction of sp³-hybridized carbons (Fsp3) is 0.571. The number of carbonyl (C=O) groups is 1. The zero-order valence-corrected chi connectivity index (χ0v) is 18.7. The van der Waals surface area contributed by atoms with E-state index in [1.807, 2.05) is 34.9 Å². The first-order chi connectivity index (χ1) is 14.3. The van der Waals surface area contributed by atoms with Crippen LogP contribution in [0.25, 0.3) is 0 Å². The first kappa shape index (κ1) is 22.4. The molecule has 0 radical (unpaired) electrons. The van der Waals surface area contributed by atoms with E-state index >= 15 is 0 Å². The highest BCUT2D eigenvalue weighted by atomic mass is 32.2. The Bertz CT molecular complexity index is 948. The molecule has 2 aromatic rings. The number of hydrogen-bond donors (Lipinski definition) is 1. The summed E-state index contributed by atoms with van der Waals surface area (Å²) in [5.41, 5.74) is 0.202. The van der Waals surface area contributed by atoms with Crippen molar-refractivity contribution < 1.29 is 13.2 Å². The topological polar surface area (TPSA) is 97.2 Å². The Labute approximate surface area is 178 Å². The summed E-state index contributed by atoms with van der Waals surface area (Å²) in [6.45, 7) is 6.93. The Morgan fingerprint density at radius 1 is 1.20 bits per heavy atom. The summed E-state index contributed by atoms with van der Waals surface area (Å²) in [4.78, 5) is 13.4. The molecule has 1 aromatic carbocycles. The predicted molar refractivity (Wildman–Crippen MR) is 116 cm³/mol. The van der Waals surface area contributed by atoms with Crippen molar-refractivity contribution in [3.8, 4) is 0 Å². The minimum absolute atomic E-state index is 0.0575. The van der Waals surface area contributed by atoms with Gasteiger partial charge in [-0.05, 0) is 39.2 Å². The van der Waals surface area contributed by atoms with Gasteiger partial charge in [0.2, 0.25) is 15.9 Å². The molecule has 1 saturated heterocycles. The molecule has 1 aromatic heterocycles. The summed E-state index contributed by atoms with van der Waals surface area (Å²) < 4.78 is 28.0. The lowest BCUT2D eigenvalue weighted by Gasteiger charge is -2.40. The van der Waals surface area contributed by atoms with E-state index in [4.69, 9.17) is 0 Å². The van der Waals surface area contributed by atoms with Gasteiger partial charge in [-0.1, -0.05) is 30.3 Å². The van der Waals surface area contributed by atoms with Crippen LogP contribution in [0.5, 0.6) is 0 Å². The molecule has 30 heavy (non-hydrogen) atoms. The van der Waals surface area contributed by atoms with E-state index < -0.39 is 15.4 Å². The number of nitrogens with zero attached hydrogens (tertiary/aromatic N) is 4. The number of sulfonamides is 1. The van der Waals surface area contributed by atoms with Gasteiger partial charge in [0.1, 0.15) is 12.2 Å². The molecule has 0 spiro atoms. The molecule has 3 rings (SSSR count). The second kappa shape index (κ2) is 9.26. The third-order valence-corrected chi connectivity index (χ3v) is 7.81. The van der Waals surface area contributed by atoms with E-state index in [1.165, 1.54) is 4.31 Å². The Morgan fingerprint density at radius 3 is 2.47 bits per heavy atom. The SMILES string of the molecule is CCS(=O)(=O)N1CCC(C(=O)NCCc2nncn2C(C)C)(c2ccccc2)CC1. The number of piperidine rings is 1. The first-order valence-corrected chi connectivity index (χ1v) is 12.1. The average Bonchev–Trinajstić information content (AvgIpc) is 3.23. The Morgan fingerprint density at radius 2 is 1.87 bits per heavy atom. The number of nitrogens with one attached hydrogen (secondary N) is 1. The van der Waals surface area contributed by atoms with Gasteiger partial charge in [-0.25, -0.2) is 12.7 Å². The largest absolute Gasteiger partial charge is 0.355 e. The van der Waals surface area contributed by atoms with Crippen LogP contribution in [-0.2, 0) is 26.7 Å². The molecular weight excluding hydrogens is 402 g/mol. The molecule has 0 atom stereocenters. The van der Waals surface area contributed by atoms with Crippen molar-refractivity contribution in [3.05, 3.63) is 48.0 Å². The lowest BCUT2D eigenvalue weighted by molar-refractivity contribution is -0.128. The van der Waals surface area contributed by atoms with E-state index in [-0.39, 0.29) is 17.7 Å². The molecule has 0 unspecified atom stereocenters. The highest BCUT2D eigenvalue weighted by Crippen LogP contribution is 2.36. The predicted octanol–water partition coefficient (Wildman–Crippen LogP) is 1.90. The molecular formula is C21H31N5O3S. The van der Waals surface area contributed by atoms with Crippen LogP contribution in [0.2, 0.25) is 0 Å². The normalized spacial score (nSPS) is 17.2. The van der Waals surface area contributed by atoms with Gasteiger partial charge in [-0.3, -0.25) is 4.79 Å². The van der Waals surface area contributed by atoms with Crippen molar-refractivity contribution in [1.29, 1.82) is 0 Å². The molecule has 9 heteroatoms. The van der Waals surface area contributed by atoms with E-state index in [2.05, 4.69) is 29.4 Å². The van der Waals surface area contributed by atoms with Gasteiger partial charge in [-0.15, -0.1) is 10.2 Å². The van der Waals surface area contributed by atoms with Gasteiger partial charge in [0.25, 0.3) is 0 Å². The molecule has 2 heterocycles. The van der Waals surface area contributed by atoms with Crippen molar-refractivity contribution in [2.24, 2.45) is 0 Å². The number of benzene rings is 1. The second-order valence-electron chi connectivity index (χ2n) is 8.00. The van der Waals surface area contributed by atoms with Crippen LogP contribution in [0.1, 0.15) is 51.0 Å². The van der Waals surface area contributed by atoms with Crippen LogP contribution in [0, 0.1) is 0 Å². The fourth-order valence-electron chi connectivity index (χ4n) is 4.07. The van der Waals surface area contributed by atoms with Crippen molar-refractivity contribution >= 4 is 15.9 Å². The third kappa shape index (κ3) is 4.57. The smallest absolute Gasteiger partial charge is 0.230 e. The zero-order valence-electron chi connectivity index (χ0n) is 17.9. The van der Waals surface area contributed by atoms with Gasteiger partial charge in [0, 0.05) is 32.1 Å². The second-order valence-corrected chi connectivity index (χ2v) is 10.3. The van der Waals surface area contributed by atoms with Crippen molar-refractivity contribution in [3.63, 3.8) is 0 Å². The lowest BCUT2D eigenvalue weighted by atomic mass is 9.72. The fourth-order valence-corrected chi connectivity index (χ4v) is 5.17. The maximum absolute atomic E-state index is 13.4. The van der Waals surface area contributed by atoms with Crippen LogP contribution in [0.4, 0.5) is 0 Å². The first-order valence-electron chi connectivity index (χ1n) is 10.5. The Hall–Kier alpha value is -2.26. The van der Waals surface area contributed by atoms with Gasteiger partial charge in [-0.2, -0.15) is 0 Å². The summed E-state index contributed by atoms with van der Waals surface area (Å²) in [6.07, 6.45) is 3.22. The monoisotopic (exact) mass is 433 g/mol. The molecule has 1 aliphatic rings. The Balaban J connectivity index is 1.73. The molecule has 1 amide bonds. The summed E-state index contributed by atoms with van der Waals surface area (Å²) in [5, 5.41) is 11.2. The van der Waals surface area contributed by atoms with Crippen LogP contribution in [-0.4, -0.2) is 58.8 Å². The number of carbonyl (C=O) groups excluding carboxylic acids is 1. The van der Waals surface area contributed by atoms with Crippen molar-refractivity contribution in [1.82, 2.24) is 24.4 Å². The summed E-state index contributed by atoms with van der Waals surface area (Å²) in [6, 6.07) is 9.93. The van der Waals surface area contributed by atoms with E-state index in [0.29, 0.717) is 38.9 Å². The quantitative estimate of drug-likeness (QED) is 0.686. The van der Waals surface area contributed by atoms with Crippen molar-refractivity contribution in [2.75, 3.05) is 25.4 Å². The van der Waals surface area contributed by atoms with Crippen LogP contribution in [0.15, 0.2) is 36.7 Å². The molecule has 1 N–H and O–H groups in total. The van der Waals surface area contributed by atoms with Crippen LogP contribution in [0.3, 0.4) is 0 Å². The third-order valence-electron chi connectivity index (χ3n) is 5.93. The molecule has 0 saturated carbocycles. The lowest BCUT2D eigenvalue weighted by Crippen LogP contribution is -2.53. The minimum atomic E-state index is -3.26. The van der Waals surface area contributed by atoms with E-state index in [9.17, 15) is 13.2 Å². The summed E-state index contributed by atoms with van der Waals surface area (Å²) in [5.74, 6) is 0.856. The molecule has 0 aliphatic carbocycles. The van der Waals surface area contributed by atoms with Crippen molar-refractivity contribution in [2.45, 2.75) is 51.5 Å². The number of rotatable bonds is 8. The van der Waals surface area contributed by atoms with Gasteiger partial charge >= 0.3 is 0 Å². The van der Waals surface area contributed by atoms with Gasteiger partial charge in [0.15, 0.2) is 0 Å². The van der Waals surface area contributed by atoms with Gasteiger partial charge < -0.3 is 9.88 Å². The average molecular weight is 434 g/mol. The number of aromatic nitrogens is 3. The standard InChI is InChI=1S/C21H31N5O3S/c1-4-30(28,29)25-14-11-21(12-15-25,18-8-6-5-7-9-18)20(27)22-13-10-19-24-23-16-26(19)17(2)3/h5-9,16-17H,4,10-15H2,1-3H3,(H,22,27). The summed E-state index contributed by atoms with van der Waals surface area (Å²) in [7, 11) is -3.26. The number of hydrogen-bond acceptors (Lipinski definition) is 5. The summed E-state index contributed by atoms with van der Waals surface area (Å²) >= 11 is 0. The molecule has 8 nitrogen and oxygen atoms in total. The van der Waals surface area contributed by atoms with Crippen LogP contribution >= 0.6 is 0 Å².